The lowest BCUT2D eigenvalue weighted by Crippen LogP contribution is -2.74. The molecule has 0 spiro atoms. The number of phenols is 1. The molecule has 3 aliphatic carbocycles. The zero-order valence-electron chi connectivity index (χ0n) is 21.8. The molecule has 0 bridgehead atoms. The number of carbonyl (C=O) groups excluding carboxylic acids is 5. The summed E-state index contributed by atoms with van der Waals surface area (Å²) in [6.45, 7) is 7.43. The van der Waals surface area contributed by atoms with Gasteiger partial charge in [0.25, 0.3) is 0 Å². The van der Waals surface area contributed by atoms with Gasteiger partial charge in [-0.25, -0.2) is 0 Å². The molecule has 200 valence electrons. The Morgan fingerprint density at radius 2 is 1.81 bits per heavy atom. The number of likely N-dealkylation sites (N-methyl/N-ethyl adjacent to an activating group) is 1. The highest BCUT2D eigenvalue weighted by Gasteiger charge is 2.69. The first-order valence-corrected chi connectivity index (χ1v) is 12.5. The smallest absolute Gasteiger partial charge is 0.235 e. The molecule has 0 aromatic heterocycles. The van der Waals surface area contributed by atoms with Gasteiger partial charge in [-0.3, -0.25) is 28.9 Å². The second-order valence-electron chi connectivity index (χ2n) is 12.1. The van der Waals surface area contributed by atoms with E-state index < -0.39 is 64.4 Å². The van der Waals surface area contributed by atoms with Crippen molar-refractivity contribution in [1.29, 1.82) is 0 Å². The fourth-order valence-electron chi connectivity index (χ4n) is 6.41. The van der Waals surface area contributed by atoms with Crippen LogP contribution in [-0.2, 0) is 32.1 Å². The molecule has 10 heteroatoms. The van der Waals surface area contributed by atoms with Crippen LogP contribution in [0.1, 0.15) is 48.7 Å². The maximum absolute atomic E-state index is 13.8. The highest BCUT2D eigenvalue weighted by atomic mass is 16.3. The SMILES string of the molecule is CN(C)C1C(=O)C(C(N)=O)C(=O)[C@]2(O)C(=O)C3C(=O)c4c(O)ccc(CNCC(C)(C)C)c4C[C@@H]3C[C@H]12. The largest absolute Gasteiger partial charge is 0.507 e. The maximum Gasteiger partial charge on any atom is 0.235 e. The Morgan fingerprint density at radius 3 is 2.38 bits per heavy atom. The summed E-state index contributed by atoms with van der Waals surface area (Å²) in [5, 5.41) is 25.6. The van der Waals surface area contributed by atoms with Gasteiger partial charge in [-0.2, -0.15) is 0 Å². The van der Waals surface area contributed by atoms with Gasteiger partial charge in [0.15, 0.2) is 34.7 Å². The Kier molecular flexibility index (Phi) is 6.67. The number of aliphatic hydroxyl groups is 1. The second-order valence-corrected chi connectivity index (χ2v) is 12.1. The van der Waals surface area contributed by atoms with E-state index in [0.717, 1.165) is 5.56 Å². The lowest BCUT2D eigenvalue weighted by atomic mass is 9.52. The molecular formula is C27H35N3O7. The van der Waals surface area contributed by atoms with Crippen molar-refractivity contribution < 1.29 is 34.2 Å². The number of amides is 1. The lowest BCUT2D eigenvalue weighted by molar-refractivity contribution is -0.181. The van der Waals surface area contributed by atoms with E-state index in [2.05, 4.69) is 26.1 Å². The number of hydrogen-bond acceptors (Lipinski definition) is 9. The fourth-order valence-corrected chi connectivity index (χ4v) is 6.41. The van der Waals surface area contributed by atoms with Crippen LogP contribution < -0.4 is 11.1 Å². The molecule has 10 nitrogen and oxygen atoms in total. The van der Waals surface area contributed by atoms with Crippen LogP contribution in [0.2, 0.25) is 0 Å². The quantitative estimate of drug-likeness (QED) is 0.396. The Balaban J connectivity index is 1.78. The number of hydrogen-bond donors (Lipinski definition) is 4. The summed E-state index contributed by atoms with van der Waals surface area (Å²) >= 11 is 0. The van der Waals surface area contributed by atoms with Gasteiger partial charge in [0, 0.05) is 19.0 Å². The van der Waals surface area contributed by atoms with Crippen LogP contribution in [0.3, 0.4) is 0 Å². The summed E-state index contributed by atoms with van der Waals surface area (Å²) in [6, 6.07) is 2.04. The van der Waals surface area contributed by atoms with E-state index in [1.165, 1.54) is 11.0 Å². The summed E-state index contributed by atoms with van der Waals surface area (Å²) in [6.07, 6.45) is 0.293. The molecule has 0 aliphatic heterocycles. The zero-order chi connectivity index (χ0) is 27.6. The predicted molar refractivity (Wildman–Crippen MR) is 133 cm³/mol. The minimum absolute atomic E-state index is 0.0154. The number of primary amides is 1. The third-order valence-corrected chi connectivity index (χ3v) is 8.01. The van der Waals surface area contributed by atoms with Crippen LogP contribution in [0.25, 0.3) is 0 Å². The molecule has 37 heavy (non-hydrogen) atoms. The summed E-state index contributed by atoms with van der Waals surface area (Å²) in [4.78, 5) is 67.4. The number of benzene rings is 1. The molecule has 1 amide bonds. The van der Waals surface area contributed by atoms with Gasteiger partial charge in [0.05, 0.1) is 17.5 Å². The first-order valence-electron chi connectivity index (χ1n) is 12.5. The molecule has 0 heterocycles. The van der Waals surface area contributed by atoms with Crippen molar-refractivity contribution in [1.82, 2.24) is 10.2 Å². The number of nitrogens with zero attached hydrogens (tertiary/aromatic N) is 1. The van der Waals surface area contributed by atoms with Gasteiger partial charge >= 0.3 is 0 Å². The third-order valence-electron chi connectivity index (χ3n) is 8.01. The average Bonchev–Trinajstić information content (AvgIpc) is 2.76. The molecule has 2 saturated carbocycles. The van der Waals surface area contributed by atoms with Gasteiger partial charge in [0.1, 0.15) is 5.75 Å². The van der Waals surface area contributed by atoms with Crippen molar-refractivity contribution in [3.63, 3.8) is 0 Å². The number of carbonyl (C=O) groups is 5. The Labute approximate surface area is 215 Å². The predicted octanol–water partition coefficient (Wildman–Crippen LogP) is 0.00270. The number of ketones is 4. The number of Topliss-reactive ketones (excluding diaryl/α,β-unsaturated/α-hetero) is 4. The highest BCUT2D eigenvalue weighted by molar-refractivity contribution is 6.32. The van der Waals surface area contributed by atoms with E-state index in [1.807, 2.05) is 0 Å². The first kappa shape index (κ1) is 27.1. The molecule has 1 aromatic carbocycles. The van der Waals surface area contributed by atoms with E-state index in [9.17, 15) is 34.2 Å². The van der Waals surface area contributed by atoms with Crippen molar-refractivity contribution in [2.75, 3.05) is 20.6 Å². The molecule has 2 fully saturated rings. The monoisotopic (exact) mass is 513 g/mol. The Bertz CT molecular complexity index is 1200. The number of nitrogens with two attached hydrogens (primary N) is 1. The van der Waals surface area contributed by atoms with Crippen molar-refractivity contribution in [2.45, 2.75) is 51.8 Å². The van der Waals surface area contributed by atoms with Gasteiger partial charge < -0.3 is 21.3 Å². The molecule has 0 saturated heterocycles. The number of phenolic OH excluding ortho intramolecular Hbond substituents is 1. The summed E-state index contributed by atoms with van der Waals surface area (Å²) in [5.74, 6) is -10.3. The van der Waals surface area contributed by atoms with Crippen molar-refractivity contribution in [3.05, 3.63) is 28.8 Å². The van der Waals surface area contributed by atoms with E-state index in [1.54, 1.807) is 20.2 Å². The first-order chi connectivity index (χ1) is 17.1. The maximum atomic E-state index is 13.8. The van der Waals surface area contributed by atoms with Gasteiger partial charge in [-0.1, -0.05) is 26.8 Å². The van der Waals surface area contributed by atoms with Crippen LogP contribution in [0, 0.1) is 29.1 Å². The number of fused-ring (bicyclic) bond motifs is 3. The van der Waals surface area contributed by atoms with Gasteiger partial charge in [-0.05, 0) is 55.5 Å². The van der Waals surface area contributed by atoms with E-state index >= 15 is 0 Å². The number of aromatic hydroxyl groups is 1. The van der Waals surface area contributed by atoms with E-state index in [-0.39, 0.29) is 29.6 Å². The Hall–Kier alpha value is -2.95. The van der Waals surface area contributed by atoms with Crippen LogP contribution in [0.5, 0.6) is 5.75 Å². The van der Waals surface area contributed by atoms with Crippen LogP contribution in [0.4, 0.5) is 0 Å². The summed E-state index contributed by atoms with van der Waals surface area (Å²) < 4.78 is 0. The van der Waals surface area contributed by atoms with Crippen LogP contribution in [-0.4, -0.2) is 76.4 Å². The standard InChI is InChI=1S/C27H35N3O7/c1-26(2,3)11-29-10-12-6-7-16(31)18-14(12)8-13-9-15-20(30(4)5)22(33)19(25(28)36)24(35)27(15,37)23(34)17(13)21(18)32/h6-7,13,15,17,19-20,29,31,37H,8-11H2,1-5H3,(H2,28,36)/t13-,15-,17?,19?,20?,27-/m1/s1. The fraction of sp³-hybridized carbons (Fsp3) is 0.593. The summed E-state index contributed by atoms with van der Waals surface area (Å²) in [7, 11) is 3.12. The van der Waals surface area contributed by atoms with Crippen LogP contribution >= 0.6 is 0 Å². The molecule has 0 radical (unpaired) electrons. The topological polar surface area (TPSA) is 167 Å². The van der Waals surface area contributed by atoms with Crippen LogP contribution in [0.15, 0.2) is 12.1 Å². The molecule has 3 unspecified atom stereocenters. The summed E-state index contributed by atoms with van der Waals surface area (Å²) in [5.41, 5.74) is 4.10. The second kappa shape index (κ2) is 9.11. The van der Waals surface area contributed by atoms with E-state index in [4.69, 9.17) is 5.73 Å². The van der Waals surface area contributed by atoms with Crippen molar-refractivity contribution >= 4 is 29.0 Å². The average molecular weight is 514 g/mol. The zero-order valence-corrected chi connectivity index (χ0v) is 21.8. The number of rotatable bonds is 5. The van der Waals surface area contributed by atoms with E-state index in [0.29, 0.717) is 18.7 Å². The third kappa shape index (κ3) is 4.20. The molecule has 3 aliphatic rings. The van der Waals surface area contributed by atoms with Gasteiger partial charge in [0.2, 0.25) is 5.91 Å². The molecule has 6 atom stereocenters. The molecule has 4 rings (SSSR count). The van der Waals surface area contributed by atoms with Gasteiger partial charge in [-0.15, -0.1) is 0 Å². The van der Waals surface area contributed by atoms with Crippen molar-refractivity contribution in [2.24, 2.45) is 34.8 Å². The lowest BCUT2D eigenvalue weighted by Gasteiger charge is -2.52. The molecular weight excluding hydrogens is 478 g/mol. The number of nitrogens with one attached hydrogen (secondary N) is 1. The molecule has 1 aromatic rings. The Morgan fingerprint density at radius 1 is 1.16 bits per heavy atom. The highest BCUT2D eigenvalue weighted by Crippen LogP contribution is 2.51. The minimum atomic E-state index is -2.71. The van der Waals surface area contributed by atoms with Crippen molar-refractivity contribution in [3.8, 4) is 5.75 Å². The molecule has 5 N–H and O–H groups in total. The normalized spacial score (nSPS) is 31.7. The minimum Gasteiger partial charge on any atom is -0.507 e.